The number of hydrogen-bond acceptors (Lipinski definition) is 7. The normalized spacial score (nSPS) is 10.2. The fourth-order valence-electron chi connectivity index (χ4n) is 3.28. The highest BCUT2D eigenvalue weighted by molar-refractivity contribution is 5.83. The Bertz CT molecular complexity index is 1230. The van der Waals surface area contributed by atoms with Gasteiger partial charge in [0.1, 0.15) is 5.75 Å². The van der Waals surface area contributed by atoms with Crippen LogP contribution in [0.1, 0.15) is 22.3 Å². The van der Waals surface area contributed by atoms with Gasteiger partial charge in [0.2, 0.25) is 17.7 Å². The molecule has 0 fully saturated rings. The first kappa shape index (κ1) is 25.7. The molecule has 2 amide bonds. The molecule has 0 bridgehead atoms. The molecule has 36 heavy (non-hydrogen) atoms. The zero-order valence-corrected chi connectivity index (χ0v) is 19.0. The predicted octanol–water partition coefficient (Wildman–Crippen LogP) is 2.91. The van der Waals surface area contributed by atoms with Gasteiger partial charge in [0, 0.05) is 24.8 Å². The minimum Gasteiger partial charge on any atom is -0.449 e. The molecule has 0 atom stereocenters. The third-order valence-corrected chi connectivity index (χ3v) is 4.89. The molecular formula is C25H23N3O8. The summed E-state index contributed by atoms with van der Waals surface area (Å²) >= 11 is 0. The molecule has 4 N–H and O–H groups in total. The summed E-state index contributed by atoms with van der Waals surface area (Å²) in [5.41, 5.74) is 1.48. The largest absolute Gasteiger partial charge is 0.512 e. The van der Waals surface area contributed by atoms with Crippen LogP contribution in [0.3, 0.4) is 0 Å². The number of aromatic nitrogens is 1. The first-order valence-corrected chi connectivity index (χ1v) is 10.8. The van der Waals surface area contributed by atoms with Gasteiger partial charge in [-0.2, -0.15) is 0 Å². The fraction of sp³-hybridized carbons (Fsp3) is 0.160. The molecule has 0 saturated carbocycles. The molecule has 11 nitrogen and oxygen atoms in total. The quantitative estimate of drug-likeness (QED) is 0.311. The van der Waals surface area contributed by atoms with Crippen LogP contribution in [0.15, 0.2) is 66.9 Å². The van der Waals surface area contributed by atoms with Crippen LogP contribution in [0, 0.1) is 0 Å². The van der Waals surface area contributed by atoms with E-state index in [1.807, 2.05) is 36.4 Å². The van der Waals surface area contributed by atoms with Crippen molar-refractivity contribution in [3.8, 4) is 11.6 Å². The van der Waals surface area contributed by atoms with Crippen molar-refractivity contribution in [1.29, 1.82) is 0 Å². The Morgan fingerprint density at radius 1 is 0.722 bits per heavy atom. The first-order valence-electron chi connectivity index (χ1n) is 10.8. The maximum atomic E-state index is 12.6. The van der Waals surface area contributed by atoms with Crippen LogP contribution in [-0.2, 0) is 35.5 Å². The van der Waals surface area contributed by atoms with Crippen molar-refractivity contribution in [1.82, 2.24) is 15.6 Å². The summed E-state index contributed by atoms with van der Waals surface area (Å²) in [7, 11) is 0. The number of amides is 2. The predicted molar refractivity (Wildman–Crippen MR) is 126 cm³/mol. The third kappa shape index (κ3) is 7.83. The number of pyridine rings is 1. The van der Waals surface area contributed by atoms with Gasteiger partial charge >= 0.3 is 12.3 Å². The summed E-state index contributed by atoms with van der Waals surface area (Å²) < 4.78 is 9.52. The standard InChI is InChI=1S/C25H23N3O8/c29-20(26-13-16-7-3-1-4-8-16)11-18-15-28-23(36-25(33)34)19(22(18)35-24(31)32)12-21(30)27-14-17-9-5-2-6-10-17/h1-10,15H,11-14H2,(H,26,29)(H,27,30)(H,31,32)(H,33,34). The first-order chi connectivity index (χ1) is 17.3. The summed E-state index contributed by atoms with van der Waals surface area (Å²) in [5.74, 6) is -1.96. The Kier molecular flexibility index (Phi) is 8.93. The second-order valence-corrected chi connectivity index (χ2v) is 7.51. The maximum Gasteiger partial charge on any atom is 0.512 e. The molecule has 2 aromatic carbocycles. The van der Waals surface area contributed by atoms with Gasteiger partial charge in [0.25, 0.3) is 0 Å². The highest BCUT2D eigenvalue weighted by Crippen LogP contribution is 2.32. The molecule has 0 aliphatic carbocycles. The van der Waals surface area contributed by atoms with E-state index >= 15 is 0 Å². The molecule has 186 valence electrons. The Morgan fingerprint density at radius 3 is 1.72 bits per heavy atom. The van der Waals surface area contributed by atoms with Crippen LogP contribution in [0.4, 0.5) is 9.59 Å². The van der Waals surface area contributed by atoms with Crippen molar-refractivity contribution in [2.24, 2.45) is 0 Å². The van der Waals surface area contributed by atoms with E-state index < -0.39 is 42.2 Å². The Morgan fingerprint density at radius 2 is 1.22 bits per heavy atom. The van der Waals surface area contributed by atoms with Crippen LogP contribution in [-0.4, -0.2) is 39.3 Å². The Hall–Kier alpha value is -4.93. The molecular weight excluding hydrogens is 470 g/mol. The summed E-state index contributed by atoms with van der Waals surface area (Å²) in [6.07, 6.45) is -3.22. The lowest BCUT2D eigenvalue weighted by Crippen LogP contribution is -2.27. The molecule has 0 aliphatic rings. The van der Waals surface area contributed by atoms with E-state index in [-0.39, 0.29) is 30.6 Å². The van der Waals surface area contributed by atoms with Crippen molar-refractivity contribution in [3.63, 3.8) is 0 Å². The number of carbonyl (C=O) groups excluding carboxylic acids is 2. The molecule has 0 aliphatic heterocycles. The SMILES string of the molecule is O=C(Cc1cnc(OC(=O)O)c(CC(=O)NCc2ccccc2)c1OC(=O)O)NCc1ccccc1. The van der Waals surface area contributed by atoms with E-state index in [1.54, 1.807) is 24.3 Å². The van der Waals surface area contributed by atoms with Crippen molar-refractivity contribution < 1.29 is 38.9 Å². The van der Waals surface area contributed by atoms with Gasteiger partial charge < -0.3 is 30.3 Å². The van der Waals surface area contributed by atoms with Crippen LogP contribution < -0.4 is 20.1 Å². The topological polar surface area (TPSA) is 164 Å². The average Bonchev–Trinajstić information content (AvgIpc) is 2.85. The molecule has 3 rings (SSSR count). The molecule has 0 saturated heterocycles. The van der Waals surface area contributed by atoms with Crippen LogP contribution >= 0.6 is 0 Å². The number of rotatable bonds is 10. The van der Waals surface area contributed by atoms with Crippen LogP contribution in [0.5, 0.6) is 11.6 Å². The van der Waals surface area contributed by atoms with Crippen molar-refractivity contribution in [2.45, 2.75) is 25.9 Å². The highest BCUT2D eigenvalue weighted by atomic mass is 16.7. The minimum atomic E-state index is -1.72. The zero-order valence-electron chi connectivity index (χ0n) is 19.0. The van der Waals surface area contributed by atoms with Gasteiger partial charge in [-0.1, -0.05) is 60.7 Å². The van der Waals surface area contributed by atoms with E-state index in [0.29, 0.717) is 0 Å². The average molecular weight is 493 g/mol. The van der Waals surface area contributed by atoms with Gasteiger partial charge in [-0.15, -0.1) is 0 Å². The van der Waals surface area contributed by atoms with Crippen molar-refractivity contribution in [2.75, 3.05) is 0 Å². The zero-order chi connectivity index (χ0) is 25.9. The lowest BCUT2D eigenvalue weighted by Gasteiger charge is -2.16. The van der Waals surface area contributed by atoms with E-state index in [0.717, 1.165) is 17.3 Å². The Labute approximate surface area is 205 Å². The van der Waals surface area contributed by atoms with Gasteiger partial charge in [-0.25, -0.2) is 14.6 Å². The molecule has 0 spiro atoms. The van der Waals surface area contributed by atoms with Crippen molar-refractivity contribution in [3.05, 3.63) is 89.1 Å². The van der Waals surface area contributed by atoms with Crippen molar-refractivity contribution >= 4 is 24.1 Å². The van der Waals surface area contributed by atoms with E-state index in [1.165, 1.54) is 0 Å². The minimum absolute atomic E-state index is 0.0339. The monoisotopic (exact) mass is 493 g/mol. The third-order valence-electron chi connectivity index (χ3n) is 4.89. The molecule has 3 aromatic rings. The molecule has 0 radical (unpaired) electrons. The van der Waals surface area contributed by atoms with E-state index in [4.69, 9.17) is 9.84 Å². The van der Waals surface area contributed by atoms with Crippen LogP contribution in [0.25, 0.3) is 0 Å². The number of carboxylic acid groups (broad SMARTS) is 2. The van der Waals surface area contributed by atoms with Crippen LogP contribution in [0.2, 0.25) is 0 Å². The number of nitrogens with zero attached hydrogens (tertiary/aromatic N) is 1. The summed E-state index contributed by atoms with van der Waals surface area (Å²) in [6.45, 7) is 0.413. The second-order valence-electron chi connectivity index (χ2n) is 7.51. The lowest BCUT2D eigenvalue weighted by molar-refractivity contribution is -0.121. The fourth-order valence-corrected chi connectivity index (χ4v) is 3.28. The number of ether oxygens (including phenoxy) is 2. The summed E-state index contributed by atoms with van der Waals surface area (Å²) in [6, 6.07) is 18.2. The summed E-state index contributed by atoms with van der Waals surface area (Å²) in [5, 5.41) is 23.7. The lowest BCUT2D eigenvalue weighted by atomic mass is 10.1. The van der Waals surface area contributed by atoms with Gasteiger partial charge in [-0.05, 0) is 11.1 Å². The highest BCUT2D eigenvalue weighted by Gasteiger charge is 2.25. The molecule has 1 aromatic heterocycles. The number of carbonyl (C=O) groups is 4. The second kappa shape index (κ2) is 12.5. The maximum absolute atomic E-state index is 12.6. The Balaban J connectivity index is 1.83. The van der Waals surface area contributed by atoms with Gasteiger partial charge in [0.05, 0.1) is 18.4 Å². The smallest absolute Gasteiger partial charge is 0.449 e. The number of hydrogen-bond donors (Lipinski definition) is 4. The molecule has 1 heterocycles. The number of benzene rings is 2. The molecule has 0 unspecified atom stereocenters. The van der Waals surface area contributed by atoms with E-state index in [2.05, 4.69) is 20.4 Å². The van der Waals surface area contributed by atoms with Gasteiger partial charge in [0.15, 0.2) is 0 Å². The molecule has 11 heteroatoms. The number of nitrogens with one attached hydrogen (secondary N) is 2. The van der Waals surface area contributed by atoms with E-state index in [9.17, 15) is 24.3 Å². The summed E-state index contributed by atoms with van der Waals surface area (Å²) in [4.78, 5) is 51.6. The van der Waals surface area contributed by atoms with Gasteiger partial charge in [-0.3, -0.25) is 9.59 Å².